The highest BCUT2D eigenvalue weighted by molar-refractivity contribution is 5.93. The van der Waals surface area contributed by atoms with Crippen molar-refractivity contribution in [2.24, 2.45) is 0 Å². The summed E-state index contributed by atoms with van der Waals surface area (Å²) < 4.78 is 24.6. The maximum atomic E-state index is 14.2. The van der Waals surface area contributed by atoms with Crippen LogP contribution in [0.2, 0.25) is 0 Å². The number of aromatic nitrogens is 1. The highest BCUT2D eigenvalue weighted by Gasteiger charge is 2.33. The van der Waals surface area contributed by atoms with E-state index < -0.39 is 0 Å². The second kappa shape index (κ2) is 7.23. The van der Waals surface area contributed by atoms with Gasteiger partial charge in [0.2, 0.25) is 5.76 Å². The van der Waals surface area contributed by atoms with E-state index in [1.54, 1.807) is 36.3 Å². The first-order chi connectivity index (χ1) is 13.2. The number of ether oxygens (including phenoxy) is 1. The predicted molar refractivity (Wildman–Crippen MR) is 97.9 cm³/mol. The maximum Gasteiger partial charge on any atom is 0.292 e. The summed E-state index contributed by atoms with van der Waals surface area (Å²) in [6.07, 6.45) is 1.55. The zero-order valence-corrected chi connectivity index (χ0v) is 14.9. The highest BCUT2D eigenvalue weighted by Crippen LogP contribution is 2.35. The highest BCUT2D eigenvalue weighted by atomic mass is 19.1. The number of benzene rings is 2. The van der Waals surface area contributed by atoms with Gasteiger partial charge in [0, 0.05) is 23.7 Å². The molecule has 1 aliphatic rings. The summed E-state index contributed by atoms with van der Waals surface area (Å²) in [6, 6.07) is 15.3. The standard InChI is InChI=1S/C21H19FN2O3/c1-26-15-10-8-14(9-11-15)18-13-20(27-23-18)21(25)24-12-4-7-19(24)16-5-2-3-6-17(16)22/h2-3,5-6,8-11,13,19H,4,7,12H2,1H3/t19-/m1/s1. The lowest BCUT2D eigenvalue weighted by Gasteiger charge is -2.24. The Morgan fingerprint density at radius 3 is 2.74 bits per heavy atom. The average Bonchev–Trinajstić information content (AvgIpc) is 3.38. The van der Waals surface area contributed by atoms with E-state index in [0.717, 1.165) is 24.2 Å². The number of hydrogen-bond donors (Lipinski definition) is 0. The number of amides is 1. The fourth-order valence-corrected chi connectivity index (χ4v) is 3.49. The van der Waals surface area contributed by atoms with Crippen LogP contribution < -0.4 is 4.74 Å². The minimum absolute atomic E-state index is 0.157. The first-order valence-electron chi connectivity index (χ1n) is 8.84. The first-order valence-corrected chi connectivity index (χ1v) is 8.84. The summed E-state index contributed by atoms with van der Waals surface area (Å²) in [6.45, 7) is 0.566. The largest absolute Gasteiger partial charge is 0.497 e. The number of hydrogen-bond acceptors (Lipinski definition) is 4. The number of likely N-dealkylation sites (tertiary alicyclic amines) is 1. The molecule has 5 nitrogen and oxygen atoms in total. The molecule has 1 amide bonds. The molecule has 2 heterocycles. The Balaban J connectivity index is 1.57. The molecule has 0 N–H and O–H groups in total. The predicted octanol–water partition coefficient (Wildman–Crippen LogP) is 4.47. The van der Waals surface area contributed by atoms with E-state index in [0.29, 0.717) is 17.8 Å². The Morgan fingerprint density at radius 2 is 2.00 bits per heavy atom. The molecule has 0 bridgehead atoms. The van der Waals surface area contributed by atoms with Gasteiger partial charge in [-0.2, -0.15) is 0 Å². The summed E-state index contributed by atoms with van der Waals surface area (Å²) in [5, 5.41) is 4.01. The molecule has 3 aromatic rings. The number of methoxy groups -OCH3 is 1. The van der Waals surface area contributed by atoms with E-state index >= 15 is 0 Å². The van der Waals surface area contributed by atoms with E-state index in [1.165, 1.54) is 6.07 Å². The van der Waals surface area contributed by atoms with E-state index in [1.807, 2.05) is 24.3 Å². The van der Waals surface area contributed by atoms with Crippen molar-refractivity contribution in [1.82, 2.24) is 10.1 Å². The molecule has 1 fully saturated rings. The van der Waals surface area contributed by atoms with E-state index in [2.05, 4.69) is 5.16 Å². The van der Waals surface area contributed by atoms with E-state index in [9.17, 15) is 9.18 Å². The first kappa shape index (κ1) is 17.3. The molecular weight excluding hydrogens is 347 g/mol. The second-order valence-electron chi connectivity index (χ2n) is 6.48. The molecule has 6 heteroatoms. The summed E-state index contributed by atoms with van der Waals surface area (Å²) in [4.78, 5) is 14.6. The van der Waals surface area contributed by atoms with Gasteiger partial charge in [0.15, 0.2) is 0 Å². The Bertz CT molecular complexity index is 952. The van der Waals surface area contributed by atoms with Gasteiger partial charge in [-0.15, -0.1) is 0 Å². The summed E-state index contributed by atoms with van der Waals surface area (Å²) >= 11 is 0. The van der Waals surface area contributed by atoms with Crippen LogP contribution in [-0.2, 0) is 0 Å². The molecular formula is C21H19FN2O3. The molecule has 0 saturated carbocycles. The Morgan fingerprint density at radius 1 is 1.22 bits per heavy atom. The van der Waals surface area contributed by atoms with Gasteiger partial charge in [0.1, 0.15) is 17.3 Å². The van der Waals surface area contributed by atoms with Crippen molar-refractivity contribution in [2.45, 2.75) is 18.9 Å². The van der Waals surface area contributed by atoms with Crippen molar-refractivity contribution in [3.8, 4) is 17.0 Å². The summed E-state index contributed by atoms with van der Waals surface area (Å²) in [5.41, 5.74) is 1.94. The zero-order chi connectivity index (χ0) is 18.8. The van der Waals surface area contributed by atoms with Crippen LogP contribution in [0.1, 0.15) is 35.0 Å². The van der Waals surface area contributed by atoms with Crippen LogP contribution in [0.3, 0.4) is 0 Å². The van der Waals surface area contributed by atoms with Crippen LogP contribution in [0.4, 0.5) is 4.39 Å². The van der Waals surface area contributed by atoms with Gasteiger partial charge < -0.3 is 14.2 Å². The molecule has 1 aromatic heterocycles. The molecule has 4 rings (SSSR count). The van der Waals surface area contributed by atoms with E-state index in [4.69, 9.17) is 9.26 Å². The molecule has 1 saturated heterocycles. The lowest BCUT2D eigenvalue weighted by atomic mass is 10.0. The minimum atomic E-state index is -0.293. The fraction of sp³-hybridized carbons (Fsp3) is 0.238. The quantitative estimate of drug-likeness (QED) is 0.684. The summed E-state index contributed by atoms with van der Waals surface area (Å²) in [7, 11) is 1.60. The third-order valence-corrected chi connectivity index (χ3v) is 4.88. The molecule has 2 aromatic carbocycles. The van der Waals surface area contributed by atoms with Gasteiger partial charge >= 0.3 is 0 Å². The molecule has 0 spiro atoms. The second-order valence-corrected chi connectivity index (χ2v) is 6.48. The van der Waals surface area contributed by atoms with Gasteiger partial charge in [-0.3, -0.25) is 4.79 Å². The van der Waals surface area contributed by atoms with Crippen molar-refractivity contribution < 1.29 is 18.4 Å². The van der Waals surface area contributed by atoms with Crippen molar-refractivity contribution >= 4 is 5.91 Å². The number of halogens is 1. The fourth-order valence-electron chi connectivity index (χ4n) is 3.49. The Labute approximate surface area is 156 Å². The van der Waals surface area contributed by atoms with Gasteiger partial charge in [-0.25, -0.2) is 4.39 Å². The Hall–Kier alpha value is -3.15. The number of carbonyl (C=O) groups is 1. The van der Waals surface area contributed by atoms with Gasteiger partial charge in [0.05, 0.1) is 13.2 Å². The lowest BCUT2D eigenvalue weighted by Crippen LogP contribution is -2.30. The maximum absolute atomic E-state index is 14.2. The van der Waals surface area contributed by atoms with Crippen LogP contribution in [0.15, 0.2) is 59.1 Å². The van der Waals surface area contributed by atoms with Crippen LogP contribution in [0.25, 0.3) is 11.3 Å². The molecule has 0 aliphatic carbocycles. The number of nitrogens with zero attached hydrogens (tertiary/aromatic N) is 2. The van der Waals surface area contributed by atoms with Gasteiger partial charge in [-0.1, -0.05) is 23.4 Å². The molecule has 0 radical (unpaired) electrons. The number of rotatable bonds is 4. The third kappa shape index (κ3) is 3.30. The zero-order valence-electron chi connectivity index (χ0n) is 14.9. The van der Waals surface area contributed by atoms with Crippen molar-refractivity contribution in [2.75, 3.05) is 13.7 Å². The monoisotopic (exact) mass is 366 g/mol. The SMILES string of the molecule is COc1ccc(-c2cc(C(=O)N3CCC[C@@H]3c3ccccc3F)on2)cc1. The molecule has 1 aliphatic heterocycles. The summed E-state index contributed by atoms with van der Waals surface area (Å²) in [5.74, 6) is 0.333. The smallest absolute Gasteiger partial charge is 0.292 e. The van der Waals surface area contributed by atoms with Crippen LogP contribution in [0, 0.1) is 5.82 Å². The van der Waals surface area contributed by atoms with Crippen molar-refractivity contribution in [1.29, 1.82) is 0 Å². The normalized spacial score (nSPS) is 16.5. The van der Waals surface area contributed by atoms with Crippen LogP contribution in [-0.4, -0.2) is 29.6 Å². The molecule has 138 valence electrons. The minimum Gasteiger partial charge on any atom is -0.497 e. The lowest BCUT2D eigenvalue weighted by molar-refractivity contribution is 0.0691. The molecule has 0 unspecified atom stereocenters. The Kier molecular flexibility index (Phi) is 4.62. The van der Waals surface area contributed by atoms with Crippen molar-refractivity contribution in [3.63, 3.8) is 0 Å². The number of carbonyl (C=O) groups excluding carboxylic acids is 1. The van der Waals surface area contributed by atoms with Crippen molar-refractivity contribution in [3.05, 3.63) is 71.7 Å². The molecule has 27 heavy (non-hydrogen) atoms. The topological polar surface area (TPSA) is 55.6 Å². The van der Waals surface area contributed by atoms with Crippen LogP contribution >= 0.6 is 0 Å². The van der Waals surface area contributed by atoms with Gasteiger partial charge in [0.25, 0.3) is 5.91 Å². The average molecular weight is 366 g/mol. The van der Waals surface area contributed by atoms with Crippen LogP contribution in [0.5, 0.6) is 5.75 Å². The van der Waals surface area contributed by atoms with Gasteiger partial charge in [-0.05, 0) is 43.2 Å². The van der Waals surface area contributed by atoms with E-state index in [-0.39, 0.29) is 23.5 Å². The molecule has 1 atom stereocenters. The third-order valence-electron chi connectivity index (χ3n) is 4.88.